The highest BCUT2D eigenvalue weighted by molar-refractivity contribution is 6.39. The molecular weight excluding hydrogens is 607 g/mol. The molecule has 42 heavy (non-hydrogen) atoms. The number of hydrogen-bond acceptors (Lipinski definition) is 8. The zero-order chi connectivity index (χ0) is 30.0. The Bertz CT molecular complexity index is 1750. The number of benzene rings is 3. The van der Waals surface area contributed by atoms with Crippen LogP contribution >= 0.6 is 34.8 Å². The van der Waals surface area contributed by atoms with Crippen molar-refractivity contribution in [1.29, 1.82) is 0 Å². The summed E-state index contributed by atoms with van der Waals surface area (Å²) in [6, 6.07) is 12.6. The third-order valence-electron chi connectivity index (χ3n) is 6.51. The number of esters is 1. The molecule has 0 spiro atoms. The summed E-state index contributed by atoms with van der Waals surface area (Å²) in [6.07, 6.45) is 1.99. The van der Waals surface area contributed by atoms with Crippen LogP contribution < -0.4 is 9.47 Å². The Morgan fingerprint density at radius 2 is 1.76 bits per heavy atom. The number of rotatable bonds is 8. The van der Waals surface area contributed by atoms with Gasteiger partial charge in [0, 0.05) is 29.2 Å². The Kier molecular flexibility index (Phi) is 8.59. The topological polar surface area (TPSA) is 114 Å². The van der Waals surface area contributed by atoms with Gasteiger partial charge in [-0.1, -0.05) is 57.9 Å². The number of methoxy groups -OCH3 is 2. The number of ether oxygens (including phenoxy) is 3. The number of carbonyl (C=O) groups is 1. The fourth-order valence-electron chi connectivity index (χ4n) is 4.32. The Balaban J connectivity index is 1.42. The van der Waals surface area contributed by atoms with E-state index in [1.807, 2.05) is 0 Å². The van der Waals surface area contributed by atoms with Crippen molar-refractivity contribution in [3.63, 3.8) is 0 Å². The van der Waals surface area contributed by atoms with Crippen LogP contribution in [0, 0.1) is 22.0 Å². The van der Waals surface area contributed by atoms with Gasteiger partial charge in [-0.05, 0) is 43.2 Å². The van der Waals surface area contributed by atoms with E-state index in [-0.39, 0.29) is 34.4 Å². The fraction of sp³-hybridized carbons (Fsp3) is 0.200. The molecule has 1 heterocycles. The van der Waals surface area contributed by atoms with Gasteiger partial charge in [0.15, 0.2) is 0 Å². The number of halogens is 3. The van der Waals surface area contributed by atoms with Gasteiger partial charge in [0.1, 0.15) is 23.8 Å². The van der Waals surface area contributed by atoms with Crippen molar-refractivity contribution in [3.05, 3.63) is 102 Å². The highest BCUT2D eigenvalue weighted by Gasteiger charge is 2.33. The summed E-state index contributed by atoms with van der Waals surface area (Å²) in [4.78, 5) is 23.0. The minimum atomic E-state index is -0.749. The average molecular weight is 628 g/mol. The minimum Gasteiger partial charge on any atom is -0.489 e. The molecule has 4 aromatic rings. The minimum absolute atomic E-state index is 0.0408. The van der Waals surface area contributed by atoms with E-state index in [2.05, 4.69) is 17.0 Å². The van der Waals surface area contributed by atoms with Crippen LogP contribution in [0.1, 0.15) is 51.6 Å². The van der Waals surface area contributed by atoms with Gasteiger partial charge in [-0.3, -0.25) is 10.1 Å². The van der Waals surface area contributed by atoms with Crippen LogP contribution in [0.3, 0.4) is 0 Å². The molecule has 1 aliphatic rings. The first-order chi connectivity index (χ1) is 20.2. The van der Waals surface area contributed by atoms with Gasteiger partial charge >= 0.3 is 11.7 Å². The molecular formula is C30H21Cl3N2O7. The first-order valence-electron chi connectivity index (χ1n) is 12.5. The van der Waals surface area contributed by atoms with E-state index >= 15 is 0 Å². The standard InChI is InChI=1S/C30H21Cl3N2O7/c1-39-29-18(12-19(30(36)40-2)13-25(29)35(37)38)9-6-16-10-11-20(14-24(16)33)41-15-21-27(34-42-28(21)17-7-8-17)26-22(31)4-3-5-23(26)32/h3-5,10-14,17H,7-8,15H2,1-2H3. The molecule has 3 aromatic carbocycles. The molecule has 9 nitrogen and oxygen atoms in total. The summed E-state index contributed by atoms with van der Waals surface area (Å²) >= 11 is 19.4. The first kappa shape index (κ1) is 29.3. The number of carbonyl (C=O) groups excluding carboxylic acids is 1. The molecule has 1 aromatic heterocycles. The van der Waals surface area contributed by atoms with Crippen LogP contribution in [0.4, 0.5) is 5.69 Å². The first-order valence-corrected chi connectivity index (χ1v) is 13.7. The van der Waals surface area contributed by atoms with Gasteiger partial charge in [0.2, 0.25) is 5.75 Å². The summed E-state index contributed by atoms with van der Waals surface area (Å²) in [7, 11) is 2.45. The normalized spacial score (nSPS) is 12.3. The lowest BCUT2D eigenvalue weighted by Crippen LogP contribution is -2.05. The number of nitrogens with zero attached hydrogens (tertiary/aromatic N) is 2. The SMILES string of the molecule is COC(=O)c1cc(C#Cc2ccc(OCc3c(-c4c(Cl)cccc4Cl)noc3C3CC3)cc2Cl)c(OC)c([N+](=O)[O-])c1. The molecule has 12 heteroatoms. The number of nitro benzene ring substituents is 1. The monoisotopic (exact) mass is 626 g/mol. The molecule has 1 aliphatic carbocycles. The van der Waals surface area contributed by atoms with Gasteiger partial charge < -0.3 is 18.7 Å². The molecule has 0 saturated heterocycles. The largest absolute Gasteiger partial charge is 0.489 e. The van der Waals surface area contributed by atoms with Crippen molar-refractivity contribution >= 4 is 46.5 Å². The van der Waals surface area contributed by atoms with E-state index in [0.717, 1.165) is 30.2 Å². The van der Waals surface area contributed by atoms with Crippen LogP contribution in [0.2, 0.25) is 15.1 Å². The second-order valence-corrected chi connectivity index (χ2v) is 10.5. The maximum Gasteiger partial charge on any atom is 0.338 e. The zero-order valence-corrected chi connectivity index (χ0v) is 24.5. The number of aromatic nitrogens is 1. The van der Waals surface area contributed by atoms with Crippen LogP contribution in [0.5, 0.6) is 11.5 Å². The Hall–Kier alpha value is -4.23. The molecule has 0 bridgehead atoms. The lowest BCUT2D eigenvalue weighted by molar-refractivity contribution is -0.385. The van der Waals surface area contributed by atoms with Gasteiger partial charge in [-0.2, -0.15) is 0 Å². The molecule has 0 amide bonds. The van der Waals surface area contributed by atoms with Crippen molar-refractivity contribution in [3.8, 4) is 34.6 Å². The van der Waals surface area contributed by atoms with Gasteiger partial charge in [-0.25, -0.2) is 4.79 Å². The van der Waals surface area contributed by atoms with Crippen molar-refractivity contribution in [2.24, 2.45) is 0 Å². The molecule has 0 aliphatic heterocycles. The summed E-state index contributed by atoms with van der Waals surface area (Å²) in [6.45, 7) is 0.134. The molecule has 1 saturated carbocycles. The predicted molar refractivity (Wildman–Crippen MR) is 157 cm³/mol. The average Bonchev–Trinajstić information content (AvgIpc) is 3.74. The Morgan fingerprint density at radius 3 is 2.38 bits per heavy atom. The Labute approximate surface area is 255 Å². The number of nitro groups is 1. The Morgan fingerprint density at radius 1 is 1.05 bits per heavy atom. The lowest BCUT2D eigenvalue weighted by Gasteiger charge is -2.10. The van der Waals surface area contributed by atoms with Crippen LogP contribution in [-0.2, 0) is 11.3 Å². The second-order valence-electron chi connectivity index (χ2n) is 9.25. The molecule has 5 rings (SSSR count). The van der Waals surface area contributed by atoms with E-state index in [4.69, 9.17) is 53.5 Å². The van der Waals surface area contributed by atoms with E-state index in [1.54, 1.807) is 36.4 Å². The number of hydrogen-bond donors (Lipinski definition) is 0. The zero-order valence-electron chi connectivity index (χ0n) is 22.2. The molecule has 0 radical (unpaired) electrons. The molecule has 0 atom stereocenters. The van der Waals surface area contributed by atoms with Crippen molar-refractivity contribution in [2.75, 3.05) is 14.2 Å². The summed E-state index contributed by atoms with van der Waals surface area (Å²) in [5.41, 5.74) is 1.94. The summed E-state index contributed by atoms with van der Waals surface area (Å²) in [5, 5.41) is 17.0. The maximum absolute atomic E-state index is 12.1. The van der Waals surface area contributed by atoms with Crippen LogP contribution in [0.15, 0.2) is 53.1 Å². The fourth-order valence-corrected chi connectivity index (χ4v) is 5.11. The predicted octanol–water partition coefficient (Wildman–Crippen LogP) is 7.86. The third-order valence-corrected chi connectivity index (χ3v) is 7.46. The molecule has 214 valence electrons. The maximum atomic E-state index is 12.1. The van der Waals surface area contributed by atoms with Crippen LogP contribution in [0.25, 0.3) is 11.3 Å². The van der Waals surface area contributed by atoms with E-state index in [1.165, 1.54) is 20.3 Å². The van der Waals surface area contributed by atoms with Gasteiger partial charge in [0.25, 0.3) is 0 Å². The molecule has 1 fully saturated rings. The van der Waals surface area contributed by atoms with Gasteiger partial charge in [0.05, 0.1) is 50.9 Å². The third kappa shape index (κ3) is 6.02. The summed E-state index contributed by atoms with van der Waals surface area (Å²) in [5.74, 6) is 6.32. The smallest absolute Gasteiger partial charge is 0.338 e. The summed E-state index contributed by atoms with van der Waals surface area (Å²) < 4.78 is 21.7. The van der Waals surface area contributed by atoms with E-state index in [9.17, 15) is 14.9 Å². The highest BCUT2D eigenvalue weighted by Crippen LogP contribution is 2.46. The lowest BCUT2D eigenvalue weighted by atomic mass is 10.0. The van der Waals surface area contributed by atoms with E-state index in [0.29, 0.717) is 32.6 Å². The van der Waals surface area contributed by atoms with E-state index < -0.39 is 16.6 Å². The van der Waals surface area contributed by atoms with Gasteiger partial charge in [-0.15, -0.1) is 0 Å². The quantitative estimate of drug-likeness (QED) is 0.0839. The second kappa shape index (κ2) is 12.3. The van der Waals surface area contributed by atoms with Crippen molar-refractivity contribution < 1.29 is 28.5 Å². The van der Waals surface area contributed by atoms with Crippen LogP contribution in [-0.4, -0.2) is 30.3 Å². The van der Waals surface area contributed by atoms with Crippen molar-refractivity contribution in [2.45, 2.75) is 25.4 Å². The molecule has 0 unspecified atom stereocenters. The van der Waals surface area contributed by atoms with Crippen molar-refractivity contribution in [1.82, 2.24) is 5.16 Å². The molecule has 0 N–H and O–H groups in total. The highest BCUT2D eigenvalue weighted by atomic mass is 35.5.